The number of aromatic nitrogens is 1. The van der Waals surface area contributed by atoms with Crippen LogP contribution in [0.1, 0.15) is 91.5 Å². The number of hydrogen-bond donors (Lipinski definition) is 1. The summed E-state index contributed by atoms with van der Waals surface area (Å²) < 4.78 is 11.1. The molecular formula is C24H42NO5+. The minimum atomic E-state index is -0.225. The first kappa shape index (κ1) is 27.9. The van der Waals surface area contributed by atoms with Crippen LogP contribution in [0.15, 0.2) is 24.5 Å². The summed E-state index contributed by atoms with van der Waals surface area (Å²) >= 11 is 0. The fourth-order valence-corrected chi connectivity index (χ4v) is 3.07. The molecule has 1 aliphatic carbocycles. The van der Waals surface area contributed by atoms with E-state index in [1.165, 1.54) is 45.1 Å². The van der Waals surface area contributed by atoms with Crippen molar-refractivity contribution in [1.82, 2.24) is 0 Å². The van der Waals surface area contributed by atoms with E-state index >= 15 is 0 Å². The zero-order chi connectivity index (χ0) is 22.8. The maximum Gasteiger partial charge on any atom is 0.302 e. The monoisotopic (exact) mass is 424 g/mol. The summed E-state index contributed by atoms with van der Waals surface area (Å²) in [5, 5.41) is 8.77. The molecule has 0 atom stereocenters. The van der Waals surface area contributed by atoms with Gasteiger partial charge in [-0.15, -0.1) is 0 Å². The van der Waals surface area contributed by atoms with E-state index in [2.05, 4.69) is 20.8 Å². The van der Waals surface area contributed by atoms with Gasteiger partial charge in [0.25, 0.3) is 0 Å². The van der Waals surface area contributed by atoms with Crippen LogP contribution < -0.4 is 4.73 Å². The molecule has 0 bridgehead atoms. The second-order valence-corrected chi connectivity index (χ2v) is 7.70. The first-order valence-corrected chi connectivity index (χ1v) is 11.3. The normalized spacial score (nSPS) is 17.5. The molecule has 0 unspecified atom stereocenters. The van der Waals surface area contributed by atoms with E-state index in [-0.39, 0.29) is 18.0 Å². The van der Waals surface area contributed by atoms with Crippen LogP contribution in [0.25, 0.3) is 0 Å². The highest BCUT2D eigenvalue weighted by molar-refractivity contribution is 5.66. The fourth-order valence-electron chi connectivity index (χ4n) is 3.07. The number of carbonyl (C=O) groups excluding carboxylic acids is 2. The predicted molar refractivity (Wildman–Crippen MR) is 117 cm³/mol. The lowest BCUT2D eigenvalue weighted by Crippen LogP contribution is -2.27. The van der Waals surface area contributed by atoms with Crippen molar-refractivity contribution in [2.75, 3.05) is 6.61 Å². The van der Waals surface area contributed by atoms with E-state index in [0.29, 0.717) is 12.5 Å². The lowest BCUT2D eigenvalue weighted by atomic mass is 9.88. The molecule has 1 heterocycles. The molecule has 30 heavy (non-hydrogen) atoms. The smallest absolute Gasteiger partial charge is 0.302 e. The molecule has 0 radical (unpaired) electrons. The number of hydrogen-bond acceptors (Lipinski definition) is 5. The Hall–Kier alpha value is -2.11. The van der Waals surface area contributed by atoms with Gasteiger partial charge in [0.1, 0.15) is 6.10 Å². The van der Waals surface area contributed by atoms with Gasteiger partial charge in [0, 0.05) is 30.7 Å². The van der Waals surface area contributed by atoms with Gasteiger partial charge in [-0.1, -0.05) is 46.5 Å². The molecule has 1 aliphatic rings. The van der Waals surface area contributed by atoms with Crippen molar-refractivity contribution in [3.05, 3.63) is 30.1 Å². The number of esters is 2. The number of nitrogens with zero attached hydrogens (tertiary/aromatic N) is 1. The van der Waals surface area contributed by atoms with Crippen molar-refractivity contribution in [2.24, 2.45) is 5.92 Å². The van der Waals surface area contributed by atoms with Gasteiger partial charge in [-0.2, -0.15) is 0 Å². The van der Waals surface area contributed by atoms with Crippen molar-refractivity contribution in [3.8, 4) is 0 Å². The van der Waals surface area contributed by atoms with Gasteiger partial charge in [0.15, 0.2) is 0 Å². The Morgan fingerprint density at radius 2 is 1.50 bits per heavy atom. The number of carbonyl (C=O) groups is 2. The Labute approximate surface area is 182 Å². The van der Waals surface area contributed by atoms with Gasteiger partial charge in [-0.05, 0) is 43.6 Å². The zero-order valence-corrected chi connectivity index (χ0v) is 19.6. The van der Waals surface area contributed by atoms with Crippen molar-refractivity contribution >= 4 is 11.9 Å². The maximum atomic E-state index is 10.7. The second-order valence-electron chi connectivity index (χ2n) is 7.70. The van der Waals surface area contributed by atoms with E-state index in [0.717, 1.165) is 36.8 Å². The van der Waals surface area contributed by atoms with Gasteiger partial charge in [-0.25, -0.2) is 0 Å². The van der Waals surface area contributed by atoms with Crippen LogP contribution >= 0.6 is 0 Å². The SMILES string of the molecule is CC(=O)OCC1CCC(OC(C)=O)CC1.CCCCCC.CCc1cc[n+](O)cc1. The molecule has 0 aliphatic heterocycles. The van der Waals surface area contributed by atoms with Crippen molar-refractivity contribution < 1.29 is 29.0 Å². The Bertz CT molecular complexity index is 561. The van der Waals surface area contributed by atoms with Crippen LogP contribution in [-0.4, -0.2) is 29.9 Å². The first-order chi connectivity index (χ1) is 14.3. The molecule has 0 amide bonds. The Morgan fingerprint density at radius 3 is 1.90 bits per heavy atom. The highest BCUT2D eigenvalue weighted by Crippen LogP contribution is 2.26. The number of rotatable bonds is 7. The molecule has 2 rings (SSSR count). The maximum absolute atomic E-state index is 10.7. The van der Waals surface area contributed by atoms with E-state index in [1.807, 2.05) is 12.1 Å². The van der Waals surface area contributed by atoms with E-state index < -0.39 is 0 Å². The Morgan fingerprint density at radius 1 is 0.967 bits per heavy atom. The molecular weight excluding hydrogens is 382 g/mol. The van der Waals surface area contributed by atoms with Crippen LogP contribution in [0.4, 0.5) is 0 Å². The second kappa shape index (κ2) is 17.7. The average Bonchev–Trinajstić information content (AvgIpc) is 2.73. The van der Waals surface area contributed by atoms with Gasteiger partial charge in [-0.3, -0.25) is 14.8 Å². The summed E-state index contributed by atoms with van der Waals surface area (Å²) in [6.45, 7) is 9.90. The minimum absolute atomic E-state index is 0.0658. The molecule has 172 valence electrons. The number of unbranched alkanes of at least 4 members (excludes halogenated alkanes) is 3. The largest absolute Gasteiger partial charge is 0.466 e. The molecule has 0 saturated heterocycles. The first-order valence-electron chi connectivity index (χ1n) is 11.3. The van der Waals surface area contributed by atoms with Gasteiger partial charge in [0.2, 0.25) is 12.4 Å². The van der Waals surface area contributed by atoms with Crippen LogP contribution in [0, 0.1) is 5.92 Å². The molecule has 6 heteroatoms. The zero-order valence-electron chi connectivity index (χ0n) is 19.6. The van der Waals surface area contributed by atoms with E-state index in [1.54, 1.807) is 12.4 Å². The van der Waals surface area contributed by atoms with Gasteiger partial charge in [0.05, 0.1) is 6.61 Å². The highest BCUT2D eigenvalue weighted by Gasteiger charge is 2.23. The summed E-state index contributed by atoms with van der Waals surface area (Å²) in [6, 6.07) is 3.78. The highest BCUT2D eigenvalue weighted by atomic mass is 16.5. The summed E-state index contributed by atoms with van der Waals surface area (Å²) in [5.74, 6) is -0.00347. The Kier molecular flexibility index (Phi) is 16.5. The molecule has 1 aromatic rings. The van der Waals surface area contributed by atoms with Crippen LogP contribution in [0.5, 0.6) is 0 Å². The standard InChI is InChI=1S/C11H18O4.C7H10NO.C6H14/c1-8(12)14-7-10-3-5-11(6-4-10)15-9(2)13;1-2-7-3-5-8(9)6-4-7;1-3-5-6-4-2/h10-11H,3-7H2,1-2H3;3-6,9H,2H2,1H3;3-6H2,1-2H3/q;+1;. The lowest BCUT2D eigenvalue weighted by molar-refractivity contribution is -0.904. The molecule has 1 N–H and O–H groups in total. The van der Waals surface area contributed by atoms with Crippen LogP contribution in [-0.2, 0) is 25.5 Å². The summed E-state index contributed by atoms with van der Waals surface area (Å²) in [4.78, 5) is 21.3. The molecule has 1 fully saturated rings. The third-order valence-electron chi connectivity index (χ3n) is 4.90. The number of pyridine rings is 1. The summed E-state index contributed by atoms with van der Waals surface area (Å²) in [6.07, 6.45) is 13.6. The van der Waals surface area contributed by atoms with Crippen molar-refractivity contribution in [2.45, 2.75) is 98.5 Å². The quantitative estimate of drug-likeness (QED) is 0.287. The summed E-state index contributed by atoms with van der Waals surface area (Å²) in [7, 11) is 0. The molecule has 1 saturated carbocycles. The third-order valence-corrected chi connectivity index (χ3v) is 4.90. The predicted octanol–water partition coefficient (Wildman–Crippen LogP) is 5.03. The number of aryl methyl sites for hydroxylation is 1. The third kappa shape index (κ3) is 15.8. The molecule has 0 aromatic carbocycles. The van der Waals surface area contributed by atoms with Gasteiger partial charge >= 0.3 is 11.9 Å². The topological polar surface area (TPSA) is 76.7 Å². The van der Waals surface area contributed by atoms with Crippen molar-refractivity contribution in [3.63, 3.8) is 0 Å². The number of ether oxygens (including phenoxy) is 2. The van der Waals surface area contributed by atoms with E-state index in [9.17, 15) is 9.59 Å². The summed E-state index contributed by atoms with van der Waals surface area (Å²) in [5.41, 5.74) is 1.24. The Balaban J connectivity index is 0.000000475. The van der Waals surface area contributed by atoms with Gasteiger partial charge < -0.3 is 9.47 Å². The van der Waals surface area contributed by atoms with Crippen LogP contribution in [0.3, 0.4) is 0 Å². The fraction of sp³-hybridized carbons (Fsp3) is 0.708. The lowest BCUT2D eigenvalue weighted by Gasteiger charge is -2.27. The van der Waals surface area contributed by atoms with Crippen LogP contribution in [0.2, 0.25) is 0 Å². The average molecular weight is 425 g/mol. The van der Waals surface area contributed by atoms with E-state index in [4.69, 9.17) is 14.7 Å². The minimum Gasteiger partial charge on any atom is -0.466 e. The van der Waals surface area contributed by atoms with Crippen molar-refractivity contribution in [1.29, 1.82) is 0 Å². The molecule has 6 nitrogen and oxygen atoms in total. The molecule has 1 aromatic heterocycles. The molecule has 0 spiro atoms.